The number of esters is 2. The average Bonchev–Trinajstić information content (AvgIpc) is 3.39. The van der Waals surface area contributed by atoms with Crippen molar-refractivity contribution in [1.29, 1.82) is 0 Å². The van der Waals surface area contributed by atoms with Gasteiger partial charge in [0.2, 0.25) is 0 Å². The Bertz CT molecular complexity index is 573. The summed E-state index contributed by atoms with van der Waals surface area (Å²) in [4.78, 5) is 25.3. The molecule has 0 aromatic heterocycles. The molecule has 1 fully saturated rings. The summed E-state index contributed by atoms with van der Waals surface area (Å²) >= 11 is 0. The Morgan fingerprint density at radius 3 is 2.12 bits per heavy atom. The first-order chi connectivity index (χ1) is 11.5. The zero-order valence-electron chi connectivity index (χ0n) is 14.6. The Morgan fingerprint density at radius 1 is 1.08 bits per heavy atom. The smallest absolute Gasteiger partial charge is 0.328 e. The fraction of sp³-hybridized carbons (Fsp3) is 0.579. The lowest BCUT2D eigenvalue weighted by molar-refractivity contribution is -0.168. The quantitative estimate of drug-likeness (QED) is 0.224. The van der Waals surface area contributed by atoms with Crippen LogP contribution in [0.15, 0.2) is 11.1 Å². The molecule has 130 valence electrons. The van der Waals surface area contributed by atoms with Crippen molar-refractivity contribution in [3.8, 4) is 24.2 Å². The summed E-state index contributed by atoms with van der Waals surface area (Å²) < 4.78 is 15.4. The Balaban J connectivity index is 3.11. The monoisotopic (exact) mass is 332 g/mol. The Hall–Kier alpha value is -2.24. The molecule has 0 aliphatic heterocycles. The van der Waals surface area contributed by atoms with E-state index in [0.29, 0.717) is 5.57 Å². The van der Waals surface area contributed by atoms with Crippen LogP contribution in [0.1, 0.15) is 40.0 Å². The predicted molar refractivity (Wildman–Crippen MR) is 89.7 cm³/mol. The third-order valence-electron chi connectivity index (χ3n) is 3.76. The van der Waals surface area contributed by atoms with E-state index < -0.39 is 17.4 Å². The van der Waals surface area contributed by atoms with Crippen LogP contribution < -0.4 is 0 Å². The van der Waals surface area contributed by atoms with Gasteiger partial charge >= 0.3 is 11.9 Å². The number of terminal acetylenes is 1. The molecule has 0 aromatic carbocycles. The van der Waals surface area contributed by atoms with Crippen LogP contribution in [-0.4, -0.2) is 38.4 Å². The maximum atomic E-state index is 12.6. The topological polar surface area (TPSA) is 61.8 Å². The van der Waals surface area contributed by atoms with Crippen molar-refractivity contribution in [3.05, 3.63) is 11.1 Å². The van der Waals surface area contributed by atoms with Crippen LogP contribution in [0.4, 0.5) is 0 Å². The number of carbonyl (C=O) groups is 2. The van der Waals surface area contributed by atoms with Gasteiger partial charge in [0.25, 0.3) is 0 Å². The van der Waals surface area contributed by atoms with Crippen LogP contribution >= 0.6 is 0 Å². The van der Waals surface area contributed by atoms with Gasteiger partial charge in [0.05, 0.1) is 13.2 Å². The van der Waals surface area contributed by atoms with Crippen LogP contribution in [0.3, 0.4) is 0 Å². The third-order valence-corrected chi connectivity index (χ3v) is 3.76. The number of allylic oxidation sites excluding steroid dienone is 1. The number of rotatable bonds is 8. The van der Waals surface area contributed by atoms with E-state index in [2.05, 4.69) is 17.8 Å². The lowest BCUT2D eigenvalue weighted by Crippen LogP contribution is -2.43. The molecule has 0 heterocycles. The number of hydrogen-bond acceptors (Lipinski definition) is 5. The lowest BCUT2D eigenvalue weighted by atomic mass is 9.77. The van der Waals surface area contributed by atoms with E-state index in [1.165, 1.54) is 0 Å². The van der Waals surface area contributed by atoms with Crippen LogP contribution in [0, 0.1) is 29.6 Å². The van der Waals surface area contributed by atoms with Crippen molar-refractivity contribution in [1.82, 2.24) is 0 Å². The fourth-order valence-electron chi connectivity index (χ4n) is 2.32. The second-order valence-corrected chi connectivity index (χ2v) is 5.30. The fourth-order valence-corrected chi connectivity index (χ4v) is 2.32. The Morgan fingerprint density at radius 2 is 1.67 bits per heavy atom. The first kappa shape index (κ1) is 19.8. The summed E-state index contributed by atoms with van der Waals surface area (Å²) in [6, 6.07) is 0. The summed E-state index contributed by atoms with van der Waals surface area (Å²) in [5.74, 6) is 6.74. The molecule has 0 N–H and O–H groups in total. The highest BCUT2D eigenvalue weighted by Crippen LogP contribution is 2.43. The van der Waals surface area contributed by atoms with E-state index in [9.17, 15) is 9.59 Å². The van der Waals surface area contributed by atoms with E-state index in [1.807, 2.05) is 0 Å². The van der Waals surface area contributed by atoms with Gasteiger partial charge < -0.3 is 14.2 Å². The molecular weight excluding hydrogens is 308 g/mol. The number of carbonyl (C=O) groups excluding carboxylic acids is 2. The maximum absolute atomic E-state index is 12.6. The van der Waals surface area contributed by atoms with Crippen LogP contribution in [0.2, 0.25) is 0 Å². The molecule has 5 nitrogen and oxygen atoms in total. The molecule has 5 heteroatoms. The Kier molecular flexibility index (Phi) is 8.09. The first-order valence-corrected chi connectivity index (χ1v) is 8.05. The highest BCUT2D eigenvalue weighted by Gasteiger charge is 2.51. The molecule has 0 amide bonds. The molecule has 1 aliphatic carbocycles. The van der Waals surface area contributed by atoms with E-state index in [0.717, 1.165) is 18.4 Å². The van der Waals surface area contributed by atoms with Crippen LogP contribution in [-0.2, 0) is 23.8 Å². The van der Waals surface area contributed by atoms with Crippen LogP contribution in [0.25, 0.3) is 0 Å². The van der Waals surface area contributed by atoms with E-state index >= 15 is 0 Å². The zero-order valence-corrected chi connectivity index (χ0v) is 14.6. The summed E-state index contributed by atoms with van der Waals surface area (Å²) in [6.07, 6.45) is 6.85. The van der Waals surface area contributed by atoms with Gasteiger partial charge in [-0.15, -0.1) is 6.42 Å². The highest BCUT2D eigenvalue weighted by atomic mass is 16.6. The lowest BCUT2D eigenvalue weighted by Gasteiger charge is -2.28. The summed E-state index contributed by atoms with van der Waals surface area (Å²) in [7, 11) is 0. The van der Waals surface area contributed by atoms with Crippen molar-refractivity contribution in [2.75, 3.05) is 26.4 Å². The summed E-state index contributed by atoms with van der Waals surface area (Å²) in [5, 5.41) is 0. The normalized spacial score (nSPS) is 12.5. The average molecular weight is 332 g/mol. The van der Waals surface area contributed by atoms with Crippen molar-refractivity contribution in [3.63, 3.8) is 0 Å². The molecule has 0 aromatic rings. The standard InChI is InChI=1S/C19H24O5/c1-5-13-22-14-9-8-12-19(17(20)23-6-2,18(21)24-7-3)15(4)16-10-11-16/h1H,6-7,10-14H2,2-4H3. The minimum atomic E-state index is -1.50. The van der Waals surface area contributed by atoms with Crippen LogP contribution in [0.5, 0.6) is 0 Å². The second-order valence-electron chi connectivity index (χ2n) is 5.30. The van der Waals surface area contributed by atoms with Crippen molar-refractivity contribution < 1.29 is 23.8 Å². The van der Waals surface area contributed by atoms with Crippen molar-refractivity contribution in [2.45, 2.75) is 40.0 Å². The van der Waals surface area contributed by atoms with Crippen molar-refractivity contribution >= 4 is 11.9 Å². The SMILES string of the molecule is C#CCOCC#CCC(C(=O)OCC)(C(=O)OCC)C(C)=C1CC1. The second kappa shape index (κ2) is 9.80. The molecule has 24 heavy (non-hydrogen) atoms. The van der Waals surface area contributed by atoms with Gasteiger partial charge in [-0.05, 0) is 39.2 Å². The van der Waals surface area contributed by atoms with Gasteiger partial charge in [0.1, 0.15) is 13.2 Å². The van der Waals surface area contributed by atoms with E-state index in [4.69, 9.17) is 20.6 Å². The molecule has 1 rings (SSSR count). The highest BCUT2D eigenvalue weighted by molar-refractivity contribution is 6.04. The van der Waals surface area contributed by atoms with Gasteiger partial charge in [-0.25, -0.2) is 0 Å². The molecule has 0 unspecified atom stereocenters. The molecule has 1 aliphatic rings. The van der Waals surface area contributed by atoms with Gasteiger partial charge in [0, 0.05) is 6.42 Å². The van der Waals surface area contributed by atoms with Gasteiger partial charge in [-0.2, -0.15) is 0 Å². The summed E-state index contributed by atoms with van der Waals surface area (Å²) in [6.45, 7) is 5.86. The summed E-state index contributed by atoms with van der Waals surface area (Å²) in [5.41, 5.74) is 0.275. The molecule has 0 saturated heterocycles. The number of ether oxygens (including phenoxy) is 3. The van der Waals surface area contributed by atoms with Gasteiger partial charge in [0.15, 0.2) is 5.41 Å². The first-order valence-electron chi connectivity index (χ1n) is 8.05. The molecular formula is C19H24O5. The number of hydrogen-bond donors (Lipinski definition) is 0. The molecule has 0 atom stereocenters. The third kappa shape index (κ3) is 4.88. The zero-order chi connectivity index (χ0) is 18.0. The molecule has 0 spiro atoms. The van der Waals surface area contributed by atoms with Gasteiger partial charge in [-0.3, -0.25) is 9.59 Å². The van der Waals surface area contributed by atoms with Gasteiger partial charge in [-0.1, -0.05) is 23.3 Å². The minimum Gasteiger partial charge on any atom is -0.465 e. The maximum Gasteiger partial charge on any atom is 0.328 e. The molecule has 0 radical (unpaired) electrons. The van der Waals surface area contributed by atoms with E-state index in [1.54, 1.807) is 20.8 Å². The Labute approximate surface area is 143 Å². The minimum absolute atomic E-state index is 0.000582. The molecule has 0 bridgehead atoms. The van der Waals surface area contributed by atoms with E-state index in [-0.39, 0.29) is 32.8 Å². The predicted octanol–water partition coefficient (Wildman–Crippen LogP) is 2.25. The largest absolute Gasteiger partial charge is 0.465 e. The molecule has 1 saturated carbocycles. The van der Waals surface area contributed by atoms with Crippen molar-refractivity contribution in [2.24, 2.45) is 5.41 Å².